The summed E-state index contributed by atoms with van der Waals surface area (Å²) in [5.41, 5.74) is 0.915. The fraction of sp³-hybridized carbons (Fsp3) is 0.462. The highest BCUT2D eigenvalue weighted by molar-refractivity contribution is 5.93. The fourth-order valence-corrected chi connectivity index (χ4v) is 3.79. The molecule has 2 aromatic heterocycles. The van der Waals surface area contributed by atoms with Crippen LogP contribution in [0.5, 0.6) is 0 Å². The molecule has 1 aliphatic rings. The van der Waals surface area contributed by atoms with Gasteiger partial charge in [0.15, 0.2) is 5.65 Å². The van der Waals surface area contributed by atoms with E-state index in [1.54, 1.807) is 24.3 Å². The van der Waals surface area contributed by atoms with Gasteiger partial charge in [-0.2, -0.15) is 13.2 Å². The number of halogens is 3. The second kappa shape index (κ2) is 12.0. The maximum atomic E-state index is 14.0. The molecule has 0 radical (unpaired) electrons. The zero-order valence-electron chi connectivity index (χ0n) is 20.9. The molecular weight excluding hydrogens is 439 g/mol. The number of nitrogens with one attached hydrogen (secondary N) is 1. The molecule has 34 heavy (non-hydrogen) atoms. The lowest BCUT2D eigenvalue weighted by molar-refractivity contribution is -0.136. The third kappa shape index (κ3) is 5.97. The SMILES string of the molecule is C=Cc1cccc(-n2cc(C(F)(F)F)c3c(N4C[C@@H](C)NC[C@@H]4C)ncnc32)c1.CC.CCC.[HH]. The van der Waals surface area contributed by atoms with E-state index in [-0.39, 0.29) is 24.5 Å². The second-order valence-electron chi connectivity index (χ2n) is 8.12. The predicted molar refractivity (Wildman–Crippen MR) is 138 cm³/mol. The Balaban J connectivity index is 0.000000950. The maximum Gasteiger partial charge on any atom is 0.418 e. The Morgan fingerprint density at radius 3 is 2.50 bits per heavy atom. The van der Waals surface area contributed by atoms with Crippen LogP contribution in [0, 0.1) is 0 Å². The summed E-state index contributed by atoms with van der Waals surface area (Å²) >= 11 is 0. The van der Waals surface area contributed by atoms with Crippen LogP contribution in [-0.2, 0) is 6.18 Å². The zero-order chi connectivity index (χ0) is 25.5. The number of alkyl halides is 3. The summed E-state index contributed by atoms with van der Waals surface area (Å²) in [5.74, 6) is 0.321. The molecule has 0 bridgehead atoms. The Bertz CT molecular complexity index is 1080. The molecule has 0 amide bonds. The number of hydrogen-bond acceptors (Lipinski definition) is 4. The monoisotopic (exact) mass is 477 g/mol. The predicted octanol–water partition coefficient (Wildman–Crippen LogP) is 6.96. The Hall–Kier alpha value is -2.87. The van der Waals surface area contributed by atoms with Gasteiger partial charge in [-0.05, 0) is 31.5 Å². The van der Waals surface area contributed by atoms with Crippen molar-refractivity contribution >= 4 is 22.9 Å². The first-order valence-corrected chi connectivity index (χ1v) is 11.9. The number of hydrogen-bond donors (Lipinski definition) is 1. The van der Waals surface area contributed by atoms with Gasteiger partial charge in [-0.25, -0.2) is 9.97 Å². The summed E-state index contributed by atoms with van der Waals surface area (Å²) in [7, 11) is 0. The third-order valence-electron chi connectivity index (χ3n) is 5.29. The molecule has 8 heteroatoms. The molecule has 1 saturated heterocycles. The van der Waals surface area contributed by atoms with Crippen LogP contribution in [0.3, 0.4) is 0 Å². The van der Waals surface area contributed by atoms with E-state index < -0.39 is 11.7 Å². The third-order valence-corrected chi connectivity index (χ3v) is 5.29. The van der Waals surface area contributed by atoms with Gasteiger partial charge in [0, 0.05) is 38.5 Å². The molecule has 4 rings (SSSR count). The Labute approximate surface area is 202 Å². The molecule has 0 spiro atoms. The van der Waals surface area contributed by atoms with Crippen molar-refractivity contribution in [3.63, 3.8) is 0 Å². The maximum absolute atomic E-state index is 14.0. The van der Waals surface area contributed by atoms with Crippen molar-refractivity contribution in [3.8, 4) is 5.69 Å². The molecular formula is C26H38F3N5. The summed E-state index contributed by atoms with van der Waals surface area (Å²) in [6, 6.07) is 7.33. The molecule has 1 N–H and O–H groups in total. The first kappa shape index (κ1) is 27.4. The summed E-state index contributed by atoms with van der Waals surface area (Å²) in [6.45, 7) is 17.2. The molecule has 0 aliphatic carbocycles. The molecule has 0 unspecified atom stereocenters. The van der Waals surface area contributed by atoms with Crippen molar-refractivity contribution in [2.75, 3.05) is 18.0 Å². The number of nitrogens with zero attached hydrogens (tertiary/aromatic N) is 4. The molecule has 5 nitrogen and oxygen atoms in total. The van der Waals surface area contributed by atoms with Crippen LogP contribution in [0.1, 0.15) is 60.5 Å². The highest BCUT2D eigenvalue weighted by Gasteiger charge is 2.38. The van der Waals surface area contributed by atoms with E-state index in [4.69, 9.17) is 0 Å². The van der Waals surface area contributed by atoms with E-state index >= 15 is 0 Å². The van der Waals surface area contributed by atoms with Crippen molar-refractivity contribution in [2.45, 2.75) is 66.2 Å². The van der Waals surface area contributed by atoms with E-state index in [2.05, 4.69) is 35.7 Å². The average molecular weight is 478 g/mol. The lowest BCUT2D eigenvalue weighted by Gasteiger charge is -2.38. The van der Waals surface area contributed by atoms with Gasteiger partial charge < -0.3 is 14.8 Å². The first-order chi connectivity index (χ1) is 16.2. The van der Waals surface area contributed by atoms with Gasteiger partial charge in [-0.15, -0.1) is 0 Å². The number of rotatable bonds is 3. The zero-order valence-corrected chi connectivity index (χ0v) is 20.9. The second-order valence-corrected chi connectivity index (χ2v) is 8.12. The highest BCUT2D eigenvalue weighted by atomic mass is 19.4. The summed E-state index contributed by atoms with van der Waals surface area (Å²) in [6.07, 6.45) is 0.832. The first-order valence-electron chi connectivity index (χ1n) is 11.9. The molecule has 2 atom stereocenters. The number of piperazine rings is 1. The van der Waals surface area contributed by atoms with Crippen LogP contribution in [0.15, 0.2) is 43.4 Å². The lowest BCUT2D eigenvalue weighted by atomic mass is 10.1. The van der Waals surface area contributed by atoms with Crippen molar-refractivity contribution in [3.05, 3.63) is 54.5 Å². The minimum Gasteiger partial charge on any atom is -0.350 e. The summed E-state index contributed by atoms with van der Waals surface area (Å²) in [4.78, 5) is 10.5. The molecule has 1 aliphatic heterocycles. The molecule has 1 aromatic carbocycles. The summed E-state index contributed by atoms with van der Waals surface area (Å²) < 4.78 is 43.5. The van der Waals surface area contributed by atoms with Crippen LogP contribution < -0.4 is 10.2 Å². The van der Waals surface area contributed by atoms with Gasteiger partial charge in [0.25, 0.3) is 0 Å². The standard InChI is InChI=1S/C21H22F3N5.C3H8.C2H6.H2/c1-4-15-6-5-7-16(8-15)29-11-17(21(22,23)24)18-19(26-12-27-20(18)29)28-10-13(2)25-9-14(28)3;1-3-2;1-2;/h4-8,11-14,25H,1,9-10H2,2-3H3;3H2,1-2H3;1-2H3;1H/t13-,14+;;;/m1.../s1. The van der Waals surface area contributed by atoms with Gasteiger partial charge in [0.1, 0.15) is 12.1 Å². The van der Waals surface area contributed by atoms with Crippen LogP contribution in [0.25, 0.3) is 22.8 Å². The van der Waals surface area contributed by atoms with Crippen molar-refractivity contribution < 1.29 is 14.6 Å². The van der Waals surface area contributed by atoms with E-state index in [1.165, 1.54) is 17.3 Å². The van der Waals surface area contributed by atoms with E-state index in [0.717, 1.165) is 11.8 Å². The Morgan fingerprint density at radius 2 is 1.88 bits per heavy atom. The number of anilines is 1. The number of fused-ring (bicyclic) bond motifs is 1. The van der Waals surface area contributed by atoms with Crippen LogP contribution >= 0.6 is 0 Å². The highest BCUT2D eigenvalue weighted by Crippen LogP contribution is 2.40. The quantitative estimate of drug-likeness (QED) is 0.443. The minimum absolute atomic E-state index is 0. The number of aromatic nitrogens is 3. The Morgan fingerprint density at radius 1 is 1.21 bits per heavy atom. The van der Waals surface area contributed by atoms with E-state index in [9.17, 15) is 13.2 Å². The molecule has 0 saturated carbocycles. The van der Waals surface area contributed by atoms with Gasteiger partial charge in [-0.3, -0.25) is 0 Å². The van der Waals surface area contributed by atoms with E-state index in [1.807, 2.05) is 38.7 Å². The molecule has 3 heterocycles. The number of benzene rings is 1. The molecule has 3 aromatic rings. The lowest BCUT2D eigenvalue weighted by Crippen LogP contribution is -2.54. The van der Waals surface area contributed by atoms with Crippen LogP contribution in [-0.4, -0.2) is 39.7 Å². The smallest absolute Gasteiger partial charge is 0.350 e. The molecule has 188 valence electrons. The van der Waals surface area contributed by atoms with Crippen molar-refractivity contribution in [1.29, 1.82) is 0 Å². The van der Waals surface area contributed by atoms with Crippen molar-refractivity contribution in [2.24, 2.45) is 0 Å². The average Bonchev–Trinajstić information content (AvgIpc) is 3.23. The Kier molecular flexibility index (Phi) is 9.67. The van der Waals surface area contributed by atoms with Crippen LogP contribution in [0.4, 0.5) is 19.0 Å². The topological polar surface area (TPSA) is 46.0 Å². The normalized spacial score (nSPS) is 18.0. The van der Waals surface area contributed by atoms with Gasteiger partial charge in [0.2, 0.25) is 0 Å². The fourth-order valence-electron chi connectivity index (χ4n) is 3.79. The molecule has 1 fully saturated rings. The van der Waals surface area contributed by atoms with Gasteiger partial charge >= 0.3 is 6.18 Å². The van der Waals surface area contributed by atoms with Crippen LogP contribution in [0.2, 0.25) is 0 Å². The largest absolute Gasteiger partial charge is 0.418 e. The van der Waals surface area contributed by atoms with Gasteiger partial charge in [0.05, 0.1) is 10.9 Å². The minimum atomic E-state index is -4.53. The van der Waals surface area contributed by atoms with Gasteiger partial charge in [-0.1, -0.05) is 58.9 Å². The summed E-state index contributed by atoms with van der Waals surface area (Å²) in [5, 5.41) is 3.38. The van der Waals surface area contributed by atoms with Crippen molar-refractivity contribution in [1.82, 2.24) is 19.9 Å². The van der Waals surface area contributed by atoms with E-state index in [0.29, 0.717) is 24.6 Å².